The number of halogens is 2. The number of carbonyl (C=O) groups is 4. The van der Waals surface area contributed by atoms with Crippen LogP contribution in [0.25, 0.3) is 0 Å². The van der Waals surface area contributed by atoms with Crippen LogP contribution < -0.4 is 5.32 Å². The van der Waals surface area contributed by atoms with Crippen LogP contribution in [-0.4, -0.2) is 145 Å². The number of piperazine rings is 1. The molecular weight excluding hydrogens is 824 g/mol. The predicted molar refractivity (Wildman–Crippen MR) is 213 cm³/mol. The van der Waals surface area contributed by atoms with Crippen molar-refractivity contribution < 1.29 is 33.8 Å². The van der Waals surface area contributed by atoms with E-state index in [1.807, 2.05) is 54.0 Å². The number of ether oxygens (including phenoxy) is 2. The van der Waals surface area contributed by atoms with Crippen molar-refractivity contribution in [1.29, 1.82) is 0 Å². The van der Waals surface area contributed by atoms with E-state index in [0.717, 1.165) is 82.6 Å². The summed E-state index contributed by atoms with van der Waals surface area (Å²) in [5.41, 5.74) is 3.09. The molecule has 2 aromatic rings. The van der Waals surface area contributed by atoms with Gasteiger partial charge in [-0.05, 0) is 107 Å². The molecule has 4 heterocycles. The fourth-order valence-electron chi connectivity index (χ4n) is 7.84. The van der Waals surface area contributed by atoms with Gasteiger partial charge in [-0.3, -0.25) is 19.4 Å². The number of para-hydroxylation sites is 1. The van der Waals surface area contributed by atoms with Gasteiger partial charge in [0.1, 0.15) is 5.75 Å². The molecule has 54 heavy (non-hydrogen) atoms. The number of nitrogens with zero attached hydrogens (tertiary/aromatic N) is 5. The van der Waals surface area contributed by atoms with Gasteiger partial charge in [0.15, 0.2) is 0 Å². The summed E-state index contributed by atoms with van der Waals surface area (Å²) in [6, 6.07) is 12.3. The second-order valence-corrected chi connectivity index (χ2v) is 16.1. The fraction of sp³-hybridized carbons (Fsp3) is 0.590. The Hall–Kier alpha value is -3.40. The quantitative estimate of drug-likeness (QED) is 0.327. The Kier molecular flexibility index (Phi) is 15.4. The molecule has 4 aliphatic rings. The summed E-state index contributed by atoms with van der Waals surface area (Å²) in [4.78, 5) is 59.0. The highest BCUT2D eigenvalue weighted by Gasteiger charge is 2.33. The Morgan fingerprint density at radius 2 is 1.50 bits per heavy atom. The molecule has 296 valence electrons. The minimum Gasteiger partial charge on any atom is -0.506 e. The molecular formula is C39H54Br2N6O7. The number of piperidine rings is 2. The number of fused-ring (bicyclic) bond motifs is 1. The second kappa shape index (κ2) is 20.0. The first kappa shape index (κ1) is 41.8. The summed E-state index contributed by atoms with van der Waals surface area (Å²) in [6.45, 7) is 11.9. The van der Waals surface area contributed by atoms with E-state index in [1.54, 1.807) is 4.90 Å². The molecule has 4 aliphatic heterocycles. The van der Waals surface area contributed by atoms with Crippen LogP contribution in [-0.2, 0) is 31.9 Å². The van der Waals surface area contributed by atoms with Crippen LogP contribution in [0.4, 0.5) is 15.3 Å². The Morgan fingerprint density at radius 3 is 2.13 bits per heavy atom. The van der Waals surface area contributed by atoms with E-state index in [2.05, 4.69) is 53.0 Å². The number of benzene rings is 2. The molecule has 0 radical (unpaired) electrons. The number of urea groups is 1. The molecule has 15 heteroatoms. The number of amides is 4. The standard InChI is InChI=1S/C23H33Br2N3O4.C16H21N3O3/c1-3-32-21(29)15-26-8-10-27(11-9-26)18-4-6-28(7-5-18)23(31)16(2)12-17-13-19(24)22(30)20(25)14-17;1-22-16(21)18-9-7-13(8-10-18)19-11-6-12-4-2-3-5-14(12)17-15(19)20/h13-14,16,18,30H,3-12,15H2,1-2H3;2-5,13H,6-11H2,1H3,(H,17,20)/t16-;/m1./s1. The third-order valence-corrected chi connectivity index (χ3v) is 12.1. The number of phenols is 1. The maximum atomic E-state index is 13.0. The number of phenolic OH excluding ortho intramolecular Hbond substituents is 1. The molecule has 0 bridgehead atoms. The van der Waals surface area contributed by atoms with Crippen LogP contribution in [0.2, 0.25) is 0 Å². The first-order chi connectivity index (χ1) is 26.0. The number of esters is 1. The van der Waals surface area contributed by atoms with Gasteiger partial charge in [-0.25, -0.2) is 9.59 Å². The number of hydrogen-bond donors (Lipinski definition) is 2. The lowest BCUT2D eigenvalue weighted by molar-refractivity contribution is -0.145. The Morgan fingerprint density at radius 1 is 0.889 bits per heavy atom. The van der Waals surface area contributed by atoms with E-state index in [1.165, 1.54) is 12.7 Å². The minimum atomic E-state index is -0.286. The van der Waals surface area contributed by atoms with Crippen molar-refractivity contribution in [1.82, 2.24) is 24.5 Å². The normalized spacial score (nSPS) is 19.5. The Labute approximate surface area is 335 Å². The van der Waals surface area contributed by atoms with E-state index in [4.69, 9.17) is 9.47 Å². The summed E-state index contributed by atoms with van der Waals surface area (Å²) in [5, 5.41) is 12.9. The number of carbonyl (C=O) groups excluding carboxylic acids is 4. The van der Waals surface area contributed by atoms with Crippen molar-refractivity contribution in [2.45, 2.75) is 64.5 Å². The molecule has 0 unspecified atom stereocenters. The topological polar surface area (TPSA) is 135 Å². The molecule has 4 amide bonds. The lowest BCUT2D eigenvalue weighted by Crippen LogP contribution is -2.54. The van der Waals surface area contributed by atoms with Crippen molar-refractivity contribution in [2.24, 2.45) is 5.92 Å². The first-order valence-corrected chi connectivity index (χ1v) is 20.6. The maximum absolute atomic E-state index is 13.0. The van der Waals surface area contributed by atoms with E-state index < -0.39 is 0 Å². The largest absolute Gasteiger partial charge is 0.506 e. The third-order valence-electron chi connectivity index (χ3n) is 10.9. The van der Waals surface area contributed by atoms with Crippen molar-refractivity contribution in [2.75, 3.05) is 84.5 Å². The van der Waals surface area contributed by atoms with Crippen molar-refractivity contribution in [3.8, 4) is 5.75 Å². The Bertz CT molecular complexity index is 1580. The highest BCUT2D eigenvalue weighted by Crippen LogP contribution is 2.34. The molecule has 0 saturated carbocycles. The van der Waals surface area contributed by atoms with Gasteiger partial charge >= 0.3 is 18.1 Å². The molecule has 0 spiro atoms. The van der Waals surface area contributed by atoms with Crippen molar-refractivity contribution in [3.05, 3.63) is 56.5 Å². The molecule has 3 saturated heterocycles. The zero-order chi connectivity index (χ0) is 38.8. The van der Waals surface area contributed by atoms with Crippen LogP contribution >= 0.6 is 31.9 Å². The fourth-order valence-corrected chi connectivity index (χ4v) is 9.12. The van der Waals surface area contributed by atoms with Crippen LogP contribution in [0, 0.1) is 5.92 Å². The van der Waals surface area contributed by atoms with Gasteiger partial charge in [0.05, 0.1) is 29.2 Å². The molecule has 2 aromatic carbocycles. The lowest BCUT2D eigenvalue weighted by Gasteiger charge is -2.43. The molecule has 3 fully saturated rings. The molecule has 1 atom stereocenters. The van der Waals surface area contributed by atoms with E-state index >= 15 is 0 Å². The molecule has 2 N–H and O–H groups in total. The third kappa shape index (κ3) is 11.1. The minimum absolute atomic E-state index is 0.0403. The molecule has 0 aliphatic carbocycles. The van der Waals surface area contributed by atoms with Gasteiger partial charge in [-0.1, -0.05) is 25.1 Å². The molecule has 13 nitrogen and oxygen atoms in total. The van der Waals surface area contributed by atoms with Crippen LogP contribution in [0.3, 0.4) is 0 Å². The molecule has 0 aromatic heterocycles. The van der Waals surface area contributed by atoms with Gasteiger partial charge in [-0.15, -0.1) is 0 Å². The van der Waals surface area contributed by atoms with Crippen molar-refractivity contribution in [3.63, 3.8) is 0 Å². The summed E-state index contributed by atoms with van der Waals surface area (Å²) in [6.07, 6.45) is 4.77. The zero-order valence-electron chi connectivity index (χ0n) is 31.6. The second-order valence-electron chi connectivity index (χ2n) is 14.4. The summed E-state index contributed by atoms with van der Waals surface area (Å²) < 4.78 is 11.1. The zero-order valence-corrected chi connectivity index (χ0v) is 34.8. The van der Waals surface area contributed by atoms with Crippen molar-refractivity contribution >= 4 is 61.5 Å². The van der Waals surface area contributed by atoms with Gasteiger partial charge in [0.25, 0.3) is 0 Å². The van der Waals surface area contributed by atoms with Crippen LogP contribution in [0.1, 0.15) is 50.7 Å². The summed E-state index contributed by atoms with van der Waals surface area (Å²) in [5.74, 6) is 0.120. The number of hydrogen-bond acceptors (Lipinski definition) is 9. The highest BCUT2D eigenvalue weighted by molar-refractivity contribution is 9.11. The molecule has 6 rings (SSSR count). The van der Waals surface area contributed by atoms with Gasteiger partial charge in [0, 0.05) is 82.6 Å². The van der Waals surface area contributed by atoms with E-state index in [-0.39, 0.29) is 41.7 Å². The smallest absolute Gasteiger partial charge is 0.409 e. The monoisotopic (exact) mass is 876 g/mol. The average Bonchev–Trinajstić information content (AvgIpc) is 3.35. The Balaban J connectivity index is 0.000000222. The van der Waals surface area contributed by atoms with Gasteiger partial charge in [0.2, 0.25) is 5.91 Å². The number of methoxy groups -OCH3 is 1. The number of nitrogens with one attached hydrogen (secondary N) is 1. The van der Waals surface area contributed by atoms with Crippen LogP contribution in [0.15, 0.2) is 45.3 Å². The number of rotatable bonds is 8. The summed E-state index contributed by atoms with van der Waals surface area (Å²) >= 11 is 6.72. The van der Waals surface area contributed by atoms with Gasteiger partial charge in [-0.2, -0.15) is 0 Å². The number of anilines is 1. The lowest BCUT2D eigenvalue weighted by atomic mass is 9.97. The predicted octanol–water partition coefficient (Wildman–Crippen LogP) is 5.57. The maximum Gasteiger partial charge on any atom is 0.409 e. The average molecular weight is 879 g/mol. The number of likely N-dealkylation sites (tertiary alicyclic amines) is 2. The van der Waals surface area contributed by atoms with Crippen LogP contribution in [0.5, 0.6) is 5.75 Å². The SMILES string of the molecule is CCOC(=O)CN1CCN(C2CCN(C(=O)[C@H](C)Cc3cc(Br)c(O)c(Br)c3)CC2)CC1.COC(=O)N1CCC(N2CCc3ccccc3NC2=O)CC1. The number of aromatic hydroxyl groups is 1. The van der Waals surface area contributed by atoms with E-state index in [9.17, 15) is 24.3 Å². The van der Waals surface area contributed by atoms with Gasteiger partial charge < -0.3 is 34.6 Å². The first-order valence-electron chi connectivity index (χ1n) is 19.0. The summed E-state index contributed by atoms with van der Waals surface area (Å²) in [7, 11) is 1.40. The highest BCUT2D eigenvalue weighted by atomic mass is 79.9. The van der Waals surface area contributed by atoms with E-state index in [0.29, 0.717) is 54.2 Å².